The van der Waals surface area contributed by atoms with E-state index in [1.54, 1.807) is 0 Å². The summed E-state index contributed by atoms with van der Waals surface area (Å²) >= 11 is 0. The number of rotatable bonds is 40. The number of hydrogen-bond donors (Lipinski definition) is 0. The lowest BCUT2D eigenvalue weighted by Gasteiger charge is -2.26. The first kappa shape index (κ1) is 50.3. The average Bonchev–Trinajstić information content (AvgIpc) is 3.09. The van der Waals surface area contributed by atoms with Crippen molar-refractivity contribution < 1.29 is 42.9 Å². The molecule has 2 unspecified atom stereocenters. The van der Waals surface area contributed by atoms with Gasteiger partial charge < -0.3 is 33.3 Å². The SMILES string of the molecule is CCCCCCCCCCCCCCCCCCCCCC(=O)OC(COC(=O)CCCCCCCCCC)COC(OCC[N+](C)(C)C)C(=O)[O-]. The van der Waals surface area contributed by atoms with Crippen LogP contribution in [0.5, 0.6) is 0 Å². The number of ether oxygens (including phenoxy) is 4. The fourth-order valence-electron chi connectivity index (χ4n) is 6.18. The first-order valence-corrected chi connectivity index (χ1v) is 21.7. The van der Waals surface area contributed by atoms with Gasteiger partial charge in [0.05, 0.1) is 40.3 Å². The van der Waals surface area contributed by atoms with Crippen LogP contribution in [0.2, 0.25) is 0 Å². The summed E-state index contributed by atoms with van der Waals surface area (Å²) in [5.74, 6) is -2.27. The van der Waals surface area contributed by atoms with Gasteiger partial charge in [-0.15, -0.1) is 0 Å². The van der Waals surface area contributed by atoms with Gasteiger partial charge in [0.15, 0.2) is 12.4 Å². The van der Waals surface area contributed by atoms with Crippen LogP contribution in [0.15, 0.2) is 0 Å². The van der Waals surface area contributed by atoms with E-state index in [2.05, 4.69) is 13.8 Å². The van der Waals surface area contributed by atoms with Crippen molar-refractivity contribution in [1.29, 1.82) is 0 Å². The van der Waals surface area contributed by atoms with Crippen molar-refractivity contribution in [2.24, 2.45) is 0 Å². The molecule has 0 aliphatic heterocycles. The predicted octanol–water partition coefficient (Wildman–Crippen LogP) is 9.61. The number of aliphatic carboxylic acids is 1. The van der Waals surface area contributed by atoms with Gasteiger partial charge in [0.2, 0.25) is 0 Å². The van der Waals surface area contributed by atoms with Crippen molar-refractivity contribution in [2.45, 2.75) is 212 Å². The van der Waals surface area contributed by atoms with Crippen LogP contribution in [0.25, 0.3) is 0 Å². The Balaban J connectivity index is 4.31. The zero-order valence-corrected chi connectivity index (χ0v) is 34.7. The number of unbranched alkanes of at least 4 members (excludes halogenated alkanes) is 25. The van der Waals surface area contributed by atoms with Crippen molar-refractivity contribution in [3.63, 3.8) is 0 Å². The fraction of sp³-hybridized carbons (Fsp3) is 0.930. The first-order valence-electron chi connectivity index (χ1n) is 21.7. The minimum absolute atomic E-state index is 0.152. The first-order chi connectivity index (χ1) is 25.1. The lowest BCUT2D eigenvalue weighted by Crippen LogP contribution is -2.44. The van der Waals surface area contributed by atoms with E-state index in [0.29, 0.717) is 17.4 Å². The predicted molar refractivity (Wildman–Crippen MR) is 210 cm³/mol. The van der Waals surface area contributed by atoms with Crippen LogP contribution >= 0.6 is 0 Å². The molecule has 52 heavy (non-hydrogen) atoms. The summed E-state index contributed by atoms with van der Waals surface area (Å²) in [5, 5.41) is 11.6. The van der Waals surface area contributed by atoms with Gasteiger partial charge >= 0.3 is 11.9 Å². The molecule has 9 heteroatoms. The largest absolute Gasteiger partial charge is 0.545 e. The second kappa shape index (κ2) is 36.3. The topological polar surface area (TPSA) is 111 Å². The molecule has 2 atom stereocenters. The molecule has 0 aliphatic rings. The van der Waals surface area contributed by atoms with Crippen molar-refractivity contribution in [3.05, 3.63) is 0 Å². The second-order valence-electron chi connectivity index (χ2n) is 16.0. The van der Waals surface area contributed by atoms with Crippen LogP contribution < -0.4 is 5.11 Å². The van der Waals surface area contributed by atoms with E-state index in [1.165, 1.54) is 135 Å². The quantitative estimate of drug-likeness (QED) is 0.0264. The molecule has 0 bridgehead atoms. The summed E-state index contributed by atoms with van der Waals surface area (Å²) in [6.07, 6.45) is 31.4. The van der Waals surface area contributed by atoms with Gasteiger partial charge in [-0.2, -0.15) is 0 Å². The van der Waals surface area contributed by atoms with Crippen molar-refractivity contribution >= 4 is 17.9 Å². The lowest BCUT2D eigenvalue weighted by molar-refractivity contribution is -0.870. The maximum atomic E-state index is 12.7. The summed E-state index contributed by atoms with van der Waals surface area (Å²) in [5.41, 5.74) is 0. The number of carbonyl (C=O) groups excluding carboxylic acids is 3. The fourth-order valence-corrected chi connectivity index (χ4v) is 6.18. The maximum absolute atomic E-state index is 12.7. The Kier molecular flexibility index (Phi) is 35.1. The molecule has 0 saturated heterocycles. The Labute approximate surface area is 320 Å². The highest BCUT2D eigenvalue weighted by Gasteiger charge is 2.21. The summed E-state index contributed by atoms with van der Waals surface area (Å²) in [4.78, 5) is 36.8. The Hall–Kier alpha value is -1.71. The molecule has 0 amide bonds. The molecule has 0 aromatic carbocycles. The van der Waals surface area contributed by atoms with Crippen LogP contribution in [0.3, 0.4) is 0 Å². The molecule has 0 N–H and O–H groups in total. The van der Waals surface area contributed by atoms with Crippen LogP contribution in [0.1, 0.15) is 200 Å². The van der Waals surface area contributed by atoms with Gasteiger partial charge in [0.25, 0.3) is 0 Å². The van der Waals surface area contributed by atoms with Crippen molar-refractivity contribution in [2.75, 3.05) is 47.5 Å². The Bertz CT molecular complexity index is 830. The Morgan fingerprint density at radius 1 is 0.500 bits per heavy atom. The summed E-state index contributed by atoms with van der Waals surface area (Å²) in [6, 6.07) is 0. The Morgan fingerprint density at radius 2 is 0.865 bits per heavy atom. The number of likely N-dealkylation sites (N-methyl/N-ethyl adjacent to an activating group) is 1. The molecule has 0 spiro atoms. The maximum Gasteiger partial charge on any atom is 0.306 e. The van der Waals surface area contributed by atoms with Crippen molar-refractivity contribution in [1.82, 2.24) is 0 Å². The van der Waals surface area contributed by atoms with Crippen LogP contribution in [-0.2, 0) is 33.3 Å². The van der Waals surface area contributed by atoms with Crippen LogP contribution in [-0.4, -0.2) is 82.3 Å². The molecular formula is C43H83NO8. The van der Waals surface area contributed by atoms with Crippen LogP contribution in [0, 0.1) is 0 Å². The van der Waals surface area contributed by atoms with Gasteiger partial charge in [-0.3, -0.25) is 9.59 Å². The van der Waals surface area contributed by atoms with Gasteiger partial charge in [-0.25, -0.2) is 0 Å². The number of esters is 2. The van der Waals surface area contributed by atoms with E-state index in [0.717, 1.165) is 38.5 Å². The number of carboxylic acid groups (broad SMARTS) is 1. The molecule has 0 heterocycles. The van der Waals surface area contributed by atoms with Gasteiger partial charge in [0.1, 0.15) is 13.2 Å². The lowest BCUT2D eigenvalue weighted by atomic mass is 10.0. The molecule has 0 saturated carbocycles. The van der Waals surface area contributed by atoms with E-state index in [-0.39, 0.29) is 32.2 Å². The van der Waals surface area contributed by atoms with E-state index >= 15 is 0 Å². The molecule has 308 valence electrons. The third kappa shape index (κ3) is 36.6. The summed E-state index contributed by atoms with van der Waals surface area (Å²) in [7, 11) is 5.91. The number of carboxylic acids is 1. The molecule has 0 radical (unpaired) electrons. The molecule has 0 aliphatic carbocycles. The number of hydrogen-bond acceptors (Lipinski definition) is 8. The second-order valence-corrected chi connectivity index (χ2v) is 16.0. The molecule has 0 rings (SSSR count). The zero-order chi connectivity index (χ0) is 38.5. The average molecular weight is 742 g/mol. The van der Waals surface area contributed by atoms with Gasteiger partial charge in [-0.1, -0.05) is 174 Å². The highest BCUT2D eigenvalue weighted by atomic mass is 16.7. The third-order valence-electron chi connectivity index (χ3n) is 9.60. The Morgan fingerprint density at radius 3 is 1.23 bits per heavy atom. The van der Waals surface area contributed by atoms with Gasteiger partial charge in [-0.05, 0) is 12.8 Å². The normalized spacial score (nSPS) is 12.9. The minimum Gasteiger partial charge on any atom is -0.545 e. The molecule has 0 aromatic rings. The zero-order valence-electron chi connectivity index (χ0n) is 34.7. The molecule has 0 fully saturated rings. The van der Waals surface area contributed by atoms with E-state index in [9.17, 15) is 19.5 Å². The summed E-state index contributed by atoms with van der Waals surface area (Å²) in [6.45, 7) is 4.73. The van der Waals surface area contributed by atoms with E-state index in [4.69, 9.17) is 18.9 Å². The van der Waals surface area contributed by atoms with Gasteiger partial charge in [0, 0.05) is 12.8 Å². The van der Waals surface area contributed by atoms with Crippen LogP contribution in [0.4, 0.5) is 0 Å². The molecular weight excluding hydrogens is 658 g/mol. The highest BCUT2D eigenvalue weighted by molar-refractivity contribution is 5.70. The number of quaternary nitrogens is 1. The van der Waals surface area contributed by atoms with E-state index < -0.39 is 24.3 Å². The number of nitrogens with zero attached hydrogens (tertiary/aromatic N) is 1. The van der Waals surface area contributed by atoms with E-state index in [1.807, 2.05) is 21.1 Å². The number of carbonyl (C=O) groups is 3. The minimum atomic E-state index is -1.61. The molecule has 0 aromatic heterocycles. The summed E-state index contributed by atoms with van der Waals surface area (Å²) < 4.78 is 22.5. The monoisotopic (exact) mass is 742 g/mol. The third-order valence-corrected chi connectivity index (χ3v) is 9.60. The molecule has 9 nitrogen and oxygen atoms in total. The smallest absolute Gasteiger partial charge is 0.306 e. The van der Waals surface area contributed by atoms with Crippen molar-refractivity contribution in [3.8, 4) is 0 Å². The highest BCUT2D eigenvalue weighted by Crippen LogP contribution is 2.16. The standard InChI is InChI=1S/C43H83NO8/c1-6-8-10-12-14-16-17-18-19-20-21-22-23-24-25-26-28-30-32-34-41(46)52-39(38-51-43(42(47)48)49-36-35-44(3,4)5)37-50-40(45)33-31-29-27-15-13-11-9-7-2/h39,43H,6-38H2,1-5H3.